The van der Waals surface area contributed by atoms with Gasteiger partial charge in [0.05, 0.1) is 6.10 Å². The van der Waals surface area contributed by atoms with E-state index in [0.717, 1.165) is 0 Å². The van der Waals surface area contributed by atoms with Crippen molar-refractivity contribution in [2.75, 3.05) is 0 Å². The van der Waals surface area contributed by atoms with Crippen molar-refractivity contribution in [2.45, 2.75) is 20.0 Å². The first kappa shape index (κ1) is 12.1. The van der Waals surface area contributed by atoms with Crippen LogP contribution in [0.2, 0.25) is 0 Å². The number of carbonyl (C=O) groups is 1. The standard InChI is InChI=1S/C12H12N2O4/c1-7(2)17-9-5-3-4-8(6-9)10-13-14-11(18-10)12(15)16/h3-7H,1-2H3,(H,15,16). The molecule has 94 valence electrons. The molecule has 1 aromatic heterocycles. The second-order valence-corrected chi connectivity index (χ2v) is 3.91. The molecule has 18 heavy (non-hydrogen) atoms. The third-order valence-electron chi connectivity index (χ3n) is 2.06. The van der Waals surface area contributed by atoms with Crippen molar-refractivity contribution in [2.24, 2.45) is 0 Å². The molecular formula is C12H12N2O4. The van der Waals surface area contributed by atoms with Crippen LogP contribution in [-0.4, -0.2) is 27.4 Å². The second kappa shape index (κ2) is 4.87. The quantitative estimate of drug-likeness (QED) is 0.892. The Balaban J connectivity index is 2.29. The highest BCUT2D eigenvalue weighted by Gasteiger charge is 2.14. The molecule has 0 aliphatic heterocycles. The zero-order valence-corrected chi connectivity index (χ0v) is 9.95. The number of hydrogen-bond acceptors (Lipinski definition) is 5. The molecule has 0 spiro atoms. The largest absolute Gasteiger partial charge is 0.491 e. The van der Waals surface area contributed by atoms with Crippen LogP contribution in [0.15, 0.2) is 28.7 Å². The highest BCUT2D eigenvalue weighted by molar-refractivity contribution is 5.82. The highest BCUT2D eigenvalue weighted by atomic mass is 16.5. The molecule has 0 radical (unpaired) electrons. The first-order chi connectivity index (χ1) is 8.56. The van der Waals surface area contributed by atoms with Gasteiger partial charge in [0, 0.05) is 5.56 Å². The van der Waals surface area contributed by atoms with Crippen LogP contribution in [-0.2, 0) is 0 Å². The molecule has 0 bridgehead atoms. The summed E-state index contributed by atoms with van der Waals surface area (Å²) in [7, 11) is 0. The predicted octanol–water partition coefficient (Wildman–Crippen LogP) is 2.22. The number of aromatic carboxylic acids is 1. The molecule has 0 unspecified atom stereocenters. The van der Waals surface area contributed by atoms with Crippen molar-refractivity contribution in [1.82, 2.24) is 10.2 Å². The van der Waals surface area contributed by atoms with Gasteiger partial charge in [0.15, 0.2) is 0 Å². The molecule has 0 aliphatic carbocycles. The molecule has 6 nitrogen and oxygen atoms in total. The molecule has 2 aromatic rings. The monoisotopic (exact) mass is 248 g/mol. The Morgan fingerprint density at radius 2 is 2.17 bits per heavy atom. The van der Waals surface area contributed by atoms with E-state index in [0.29, 0.717) is 11.3 Å². The summed E-state index contributed by atoms with van der Waals surface area (Å²) >= 11 is 0. The maximum atomic E-state index is 10.6. The molecule has 0 saturated heterocycles. The lowest BCUT2D eigenvalue weighted by atomic mass is 10.2. The van der Waals surface area contributed by atoms with Crippen molar-refractivity contribution in [3.8, 4) is 17.2 Å². The number of nitrogens with zero attached hydrogens (tertiary/aromatic N) is 2. The Morgan fingerprint density at radius 1 is 1.39 bits per heavy atom. The molecule has 0 aliphatic rings. The van der Waals surface area contributed by atoms with E-state index < -0.39 is 11.9 Å². The van der Waals surface area contributed by atoms with Gasteiger partial charge in [0.1, 0.15) is 5.75 Å². The smallest absolute Gasteiger partial charge is 0.393 e. The molecule has 0 saturated carbocycles. The van der Waals surface area contributed by atoms with Crippen LogP contribution < -0.4 is 4.74 Å². The lowest BCUT2D eigenvalue weighted by Gasteiger charge is -2.09. The maximum Gasteiger partial charge on any atom is 0.393 e. The van der Waals surface area contributed by atoms with Crippen LogP contribution in [0.1, 0.15) is 24.5 Å². The lowest BCUT2D eigenvalue weighted by Crippen LogP contribution is -2.05. The summed E-state index contributed by atoms with van der Waals surface area (Å²) in [4.78, 5) is 10.6. The Bertz CT molecular complexity index is 563. The fourth-order valence-corrected chi connectivity index (χ4v) is 1.40. The molecule has 2 rings (SSSR count). The van der Waals surface area contributed by atoms with Crippen LogP contribution >= 0.6 is 0 Å². The zero-order chi connectivity index (χ0) is 13.1. The first-order valence-electron chi connectivity index (χ1n) is 5.40. The van der Waals surface area contributed by atoms with Crippen LogP contribution in [0.3, 0.4) is 0 Å². The minimum absolute atomic E-state index is 0.0533. The number of benzene rings is 1. The van der Waals surface area contributed by atoms with E-state index in [1.165, 1.54) is 0 Å². The molecule has 0 amide bonds. The number of carboxylic acid groups (broad SMARTS) is 1. The normalized spacial score (nSPS) is 10.6. The molecule has 1 aromatic carbocycles. The summed E-state index contributed by atoms with van der Waals surface area (Å²) in [5.41, 5.74) is 0.619. The Labute approximate surface area is 103 Å². The summed E-state index contributed by atoms with van der Waals surface area (Å²) in [6.45, 7) is 3.84. The van der Waals surface area contributed by atoms with Crippen molar-refractivity contribution in [1.29, 1.82) is 0 Å². The topological polar surface area (TPSA) is 85.5 Å². The average Bonchev–Trinajstić information content (AvgIpc) is 2.77. The molecule has 0 fully saturated rings. The Kier molecular flexibility index (Phi) is 3.27. The van der Waals surface area contributed by atoms with Crippen LogP contribution in [0.4, 0.5) is 0 Å². The Morgan fingerprint density at radius 3 is 2.78 bits per heavy atom. The van der Waals surface area contributed by atoms with E-state index in [9.17, 15) is 4.79 Å². The van der Waals surface area contributed by atoms with Gasteiger partial charge in [-0.2, -0.15) is 0 Å². The van der Waals surface area contributed by atoms with E-state index >= 15 is 0 Å². The third-order valence-corrected chi connectivity index (χ3v) is 2.06. The molecular weight excluding hydrogens is 236 g/mol. The highest BCUT2D eigenvalue weighted by Crippen LogP contribution is 2.23. The fraction of sp³-hybridized carbons (Fsp3) is 0.250. The number of rotatable bonds is 4. The van der Waals surface area contributed by atoms with Gasteiger partial charge in [0.2, 0.25) is 5.89 Å². The van der Waals surface area contributed by atoms with Gasteiger partial charge in [-0.15, -0.1) is 10.2 Å². The number of ether oxygens (including phenoxy) is 1. The number of carboxylic acids is 1. The van der Waals surface area contributed by atoms with Gasteiger partial charge >= 0.3 is 11.9 Å². The molecule has 1 heterocycles. The lowest BCUT2D eigenvalue weighted by molar-refractivity contribution is 0.0654. The fourth-order valence-electron chi connectivity index (χ4n) is 1.40. The van der Waals surface area contributed by atoms with Crippen LogP contribution in [0.5, 0.6) is 5.75 Å². The summed E-state index contributed by atoms with van der Waals surface area (Å²) in [5.74, 6) is -0.859. The average molecular weight is 248 g/mol. The summed E-state index contributed by atoms with van der Waals surface area (Å²) in [6, 6.07) is 7.04. The predicted molar refractivity (Wildman–Crippen MR) is 62.5 cm³/mol. The van der Waals surface area contributed by atoms with Gasteiger partial charge in [-0.3, -0.25) is 0 Å². The van der Waals surface area contributed by atoms with Crippen LogP contribution in [0, 0.1) is 0 Å². The Hall–Kier alpha value is -2.37. The van der Waals surface area contributed by atoms with Gasteiger partial charge < -0.3 is 14.3 Å². The zero-order valence-electron chi connectivity index (χ0n) is 9.95. The number of aromatic nitrogens is 2. The molecule has 1 N–H and O–H groups in total. The molecule has 6 heteroatoms. The van der Waals surface area contributed by atoms with Crippen molar-refractivity contribution in [3.05, 3.63) is 30.2 Å². The van der Waals surface area contributed by atoms with Crippen molar-refractivity contribution < 1.29 is 19.1 Å². The third kappa shape index (κ3) is 2.65. The van der Waals surface area contributed by atoms with Gasteiger partial charge in [-0.25, -0.2) is 4.79 Å². The van der Waals surface area contributed by atoms with Crippen LogP contribution in [0.25, 0.3) is 11.5 Å². The minimum atomic E-state index is -1.25. The van der Waals surface area contributed by atoms with E-state index in [4.69, 9.17) is 14.3 Å². The van der Waals surface area contributed by atoms with Crippen molar-refractivity contribution >= 4 is 5.97 Å². The SMILES string of the molecule is CC(C)Oc1cccc(-c2nnc(C(=O)O)o2)c1. The van der Waals surface area contributed by atoms with E-state index in [-0.39, 0.29) is 12.0 Å². The summed E-state index contributed by atoms with van der Waals surface area (Å²) in [6.07, 6.45) is 0.0533. The molecule has 0 atom stereocenters. The first-order valence-corrected chi connectivity index (χ1v) is 5.40. The van der Waals surface area contributed by atoms with Gasteiger partial charge in [-0.05, 0) is 32.0 Å². The summed E-state index contributed by atoms with van der Waals surface area (Å²) < 4.78 is 10.5. The van der Waals surface area contributed by atoms with E-state index in [2.05, 4.69) is 10.2 Å². The van der Waals surface area contributed by atoms with Gasteiger partial charge in [0.25, 0.3) is 0 Å². The maximum absolute atomic E-state index is 10.6. The van der Waals surface area contributed by atoms with Crippen molar-refractivity contribution in [3.63, 3.8) is 0 Å². The van der Waals surface area contributed by atoms with E-state index in [1.54, 1.807) is 24.3 Å². The van der Waals surface area contributed by atoms with Gasteiger partial charge in [-0.1, -0.05) is 6.07 Å². The summed E-state index contributed by atoms with van der Waals surface area (Å²) in [5, 5.41) is 15.8. The minimum Gasteiger partial charge on any atom is -0.491 e. The number of hydrogen-bond donors (Lipinski definition) is 1. The van der Waals surface area contributed by atoms with E-state index in [1.807, 2.05) is 13.8 Å². The second-order valence-electron chi connectivity index (χ2n) is 3.91.